The van der Waals surface area contributed by atoms with Gasteiger partial charge in [0.25, 0.3) is 0 Å². The summed E-state index contributed by atoms with van der Waals surface area (Å²) in [4.78, 5) is 13.6. The lowest BCUT2D eigenvalue weighted by Crippen LogP contribution is -2.10. The van der Waals surface area contributed by atoms with E-state index < -0.39 is 0 Å². The number of unbranched alkanes of at least 4 members (excludes halogenated alkanes) is 39. The molecule has 0 radical (unpaired) electrons. The second kappa shape index (κ2) is 47.5. The molecule has 0 fully saturated rings. The fraction of sp³-hybridized carbons (Fsp3) is 0.700. The molecule has 0 aliphatic heterocycles. The van der Waals surface area contributed by atoms with Gasteiger partial charge < -0.3 is 39.9 Å². The third kappa shape index (κ3) is 33.1. The number of nitrogen functional groups attached to an aromatic ring is 2. The first kappa shape index (κ1) is 68.6. The number of benzene rings is 3. The second-order valence-electron chi connectivity index (χ2n) is 23.0. The van der Waals surface area contributed by atoms with Gasteiger partial charge in [0.1, 0.15) is 6.61 Å². The van der Waals surface area contributed by atoms with Gasteiger partial charge in [-0.15, -0.1) is 15.0 Å². The maximum atomic E-state index is 6.82. The van der Waals surface area contributed by atoms with Gasteiger partial charge in [-0.3, -0.25) is 0 Å². The molecule has 11 heteroatoms. The van der Waals surface area contributed by atoms with E-state index in [0.29, 0.717) is 59.9 Å². The van der Waals surface area contributed by atoms with Crippen molar-refractivity contribution in [3.05, 3.63) is 66.2 Å². The molecule has 0 saturated carbocycles. The van der Waals surface area contributed by atoms with Crippen molar-refractivity contribution in [2.75, 3.05) is 31.3 Å². The molecule has 456 valence electrons. The van der Waals surface area contributed by atoms with Crippen LogP contribution in [0.5, 0.6) is 46.8 Å². The quantitative estimate of drug-likeness (QED) is 0.0322. The van der Waals surface area contributed by atoms with Crippen molar-refractivity contribution in [3.63, 3.8) is 0 Å². The molecular formula is C70H115N5O6. The maximum Gasteiger partial charge on any atom is 0.331 e. The highest BCUT2D eigenvalue weighted by Gasteiger charge is 2.21. The first-order valence-corrected chi connectivity index (χ1v) is 33.5. The van der Waals surface area contributed by atoms with E-state index in [2.05, 4.69) is 35.7 Å². The molecule has 1 heterocycles. The van der Waals surface area contributed by atoms with Gasteiger partial charge in [0.2, 0.25) is 5.75 Å². The zero-order chi connectivity index (χ0) is 57.3. The van der Waals surface area contributed by atoms with E-state index in [1.807, 2.05) is 36.4 Å². The Labute approximate surface area is 494 Å². The summed E-state index contributed by atoms with van der Waals surface area (Å²) in [6.07, 6.45) is 54.9. The van der Waals surface area contributed by atoms with Crippen LogP contribution in [0.1, 0.15) is 296 Å². The Kier molecular flexibility index (Phi) is 40.3. The van der Waals surface area contributed by atoms with Crippen molar-refractivity contribution in [2.45, 2.75) is 297 Å². The minimum absolute atomic E-state index is 0.0000580. The van der Waals surface area contributed by atoms with E-state index in [1.165, 1.54) is 231 Å². The monoisotopic (exact) mass is 1120 g/mol. The first-order valence-electron chi connectivity index (χ1n) is 33.5. The topological polar surface area (TPSA) is 146 Å². The van der Waals surface area contributed by atoms with Crippen LogP contribution in [0.4, 0.5) is 11.4 Å². The van der Waals surface area contributed by atoms with Crippen LogP contribution in [0, 0.1) is 0 Å². The van der Waals surface area contributed by atoms with Crippen LogP contribution < -0.4 is 39.9 Å². The molecule has 0 amide bonds. The zero-order valence-electron chi connectivity index (χ0n) is 51.7. The van der Waals surface area contributed by atoms with Crippen LogP contribution in [-0.2, 0) is 6.61 Å². The van der Waals surface area contributed by atoms with Gasteiger partial charge in [0, 0.05) is 5.56 Å². The normalized spacial score (nSPS) is 11.3. The van der Waals surface area contributed by atoms with Crippen molar-refractivity contribution in [1.82, 2.24) is 15.0 Å². The third-order valence-corrected chi connectivity index (χ3v) is 15.6. The molecule has 4 rings (SSSR count). The smallest absolute Gasteiger partial charge is 0.331 e. The second-order valence-corrected chi connectivity index (χ2v) is 23.0. The van der Waals surface area contributed by atoms with Crippen LogP contribution in [0.25, 0.3) is 0 Å². The first-order chi connectivity index (χ1) is 40.0. The summed E-state index contributed by atoms with van der Waals surface area (Å²) in [5, 5.41) is 0. The van der Waals surface area contributed by atoms with Crippen molar-refractivity contribution >= 4 is 11.4 Å². The fourth-order valence-corrected chi connectivity index (χ4v) is 10.5. The van der Waals surface area contributed by atoms with E-state index in [1.54, 1.807) is 24.3 Å². The lowest BCUT2D eigenvalue weighted by Gasteiger charge is -2.20. The summed E-state index contributed by atoms with van der Waals surface area (Å²) in [5.74, 6) is 2.78. The number of hydrogen-bond donors (Lipinski definition) is 2. The average molecular weight is 1120 g/mol. The number of hydrogen-bond acceptors (Lipinski definition) is 11. The molecule has 0 aliphatic carbocycles. The molecule has 4 N–H and O–H groups in total. The van der Waals surface area contributed by atoms with Crippen LogP contribution in [0.2, 0.25) is 0 Å². The largest absolute Gasteiger partial charge is 0.490 e. The van der Waals surface area contributed by atoms with E-state index in [4.69, 9.17) is 39.9 Å². The molecule has 1 aromatic heterocycles. The minimum Gasteiger partial charge on any atom is -0.490 e. The summed E-state index contributed by atoms with van der Waals surface area (Å²) >= 11 is 0. The van der Waals surface area contributed by atoms with Crippen molar-refractivity contribution < 1.29 is 28.4 Å². The van der Waals surface area contributed by atoms with E-state index in [-0.39, 0.29) is 24.6 Å². The number of anilines is 2. The molecule has 81 heavy (non-hydrogen) atoms. The Balaban J connectivity index is 1.43. The van der Waals surface area contributed by atoms with Gasteiger partial charge in [-0.05, 0) is 55.7 Å². The van der Waals surface area contributed by atoms with Gasteiger partial charge in [-0.1, -0.05) is 295 Å². The highest BCUT2D eigenvalue weighted by atomic mass is 16.5. The Morgan fingerprint density at radius 3 is 0.926 bits per heavy atom. The summed E-state index contributed by atoms with van der Waals surface area (Å²) in [7, 11) is 0. The highest BCUT2D eigenvalue weighted by molar-refractivity contribution is 5.56. The summed E-state index contributed by atoms with van der Waals surface area (Å²) in [5.41, 5.74) is 14.2. The molecule has 3 aromatic carbocycles. The Hall–Kier alpha value is -4.93. The molecule has 0 bridgehead atoms. The predicted molar refractivity (Wildman–Crippen MR) is 340 cm³/mol. The fourth-order valence-electron chi connectivity index (χ4n) is 10.5. The lowest BCUT2D eigenvalue weighted by molar-refractivity contribution is 0.223. The summed E-state index contributed by atoms with van der Waals surface area (Å²) in [6, 6.07) is 18.3. The Morgan fingerprint density at radius 2 is 0.580 bits per heavy atom. The van der Waals surface area contributed by atoms with Crippen LogP contribution in [0.15, 0.2) is 60.7 Å². The SMILES string of the molecule is CCCCCCCCCCCCCCCCOc1ccc(COc2nc(Oc3ccccc3N)nc(Oc3ccccc3N)n2)c(OCCCCCCCCCCCCCCCC)c1OCCCCCCCCCCCCCCCC. The minimum atomic E-state index is -0.0406. The standard InChI is InChI=1S/C70H115N5O6/c1-4-7-10-13-16-19-22-25-28-31-34-37-40-47-56-76-65-55-54-60(59-79-68-73-69(80-63-52-45-43-50-61(63)71)75-70(74-68)81-64-53-46-44-51-62(64)72)66(77-57-48-41-38-35-32-29-26-23-20-17-14-11-8-5-2)67(65)78-58-49-42-39-36-33-30-27-24-21-18-15-12-9-6-3/h43-46,50-55H,4-42,47-49,56-59,71-72H2,1-3H3. The maximum absolute atomic E-state index is 6.82. The number of rotatable bonds is 55. The van der Waals surface area contributed by atoms with Gasteiger partial charge in [-0.2, -0.15) is 0 Å². The molecule has 11 nitrogen and oxygen atoms in total. The van der Waals surface area contributed by atoms with Crippen LogP contribution in [-0.4, -0.2) is 34.8 Å². The number of aromatic nitrogens is 3. The Bertz CT molecular complexity index is 2060. The van der Waals surface area contributed by atoms with Crippen LogP contribution >= 0.6 is 0 Å². The lowest BCUT2D eigenvalue weighted by atomic mass is 10.0. The van der Waals surface area contributed by atoms with Gasteiger partial charge in [0.15, 0.2) is 23.0 Å². The number of nitrogens with two attached hydrogens (primary N) is 2. The molecule has 4 aromatic rings. The Morgan fingerprint density at radius 1 is 0.284 bits per heavy atom. The molecule has 0 atom stereocenters. The van der Waals surface area contributed by atoms with E-state index in [0.717, 1.165) is 44.1 Å². The van der Waals surface area contributed by atoms with Gasteiger partial charge in [0.05, 0.1) is 31.2 Å². The average Bonchev–Trinajstić information content (AvgIpc) is 3.51. The predicted octanol–water partition coefficient (Wildman–Crippen LogP) is 21.8. The molecule has 0 saturated heterocycles. The van der Waals surface area contributed by atoms with E-state index in [9.17, 15) is 0 Å². The molecule has 0 unspecified atom stereocenters. The van der Waals surface area contributed by atoms with Gasteiger partial charge in [-0.25, -0.2) is 0 Å². The summed E-state index contributed by atoms with van der Waals surface area (Å²) < 4.78 is 38.9. The molecular weight excluding hydrogens is 1010 g/mol. The van der Waals surface area contributed by atoms with Crippen molar-refractivity contribution in [1.29, 1.82) is 0 Å². The molecule has 0 aliphatic rings. The number of nitrogens with zero attached hydrogens (tertiary/aromatic N) is 3. The third-order valence-electron chi connectivity index (χ3n) is 15.6. The van der Waals surface area contributed by atoms with Gasteiger partial charge >= 0.3 is 18.0 Å². The highest BCUT2D eigenvalue weighted by Crippen LogP contribution is 2.42. The number of para-hydroxylation sites is 4. The van der Waals surface area contributed by atoms with E-state index >= 15 is 0 Å². The van der Waals surface area contributed by atoms with Crippen molar-refractivity contribution in [3.8, 4) is 46.8 Å². The van der Waals surface area contributed by atoms with Crippen LogP contribution in [0.3, 0.4) is 0 Å². The zero-order valence-corrected chi connectivity index (χ0v) is 51.7. The number of ether oxygens (including phenoxy) is 6. The summed E-state index contributed by atoms with van der Waals surface area (Å²) in [6.45, 7) is 8.70. The molecule has 0 spiro atoms. The van der Waals surface area contributed by atoms with Crippen molar-refractivity contribution in [2.24, 2.45) is 0 Å².